The minimum Gasteiger partial charge on any atom is -0.466 e. The number of hydrogen-bond acceptors (Lipinski definition) is 6. The normalized spacial score (nSPS) is 9.95. The van der Waals surface area contributed by atoms with Gasteiger partial charge in [-0.15, -0.1) is 11.3 Å². The minimum absolute atomic E-state index is 0.0630. The zero-order valence-electron chi connectivity index (χ0n) is 11.8. The van der Waals surface area contributed by atoms with Crippen molar-refractivity contribution in [3.63, 3.8) is 0 Å². The molecule has 1 rings (SSSR count). The summed E-state index contributed by atoms with van der Waals surface area (Å²) >= 11 is 1.29. The van der Waals surface area contributed by atoms with E-state index in [2.05, 4.69) is 16.2 Å². The van der Waals surface area contributed by atoms with E-state index in [0.29, 0.717) is 30.9 Å². The molecule has 2 amide bonds. The van der Waals surface area contributed by atoms with Gasteiger partial charge in [0.05, 0.1) is 18.0 Å². The summed E-state index contributed by atoms with van der Waals surface area (Å²) in [6.45, 7) is 2.71. The molecule has 0 unspecified atom stereocenters. The van der Waals surface area contributed by atoms with Crippen LogP contribution in [0.2, 0.25) is 0 Å². The van der Waals surface area contributed by atoms with Gasteiger partial charge in [-0.3, -0.25) is 25.2 Å². The lowest BCUT2D eigenvalue weighted by Crippen LogP contribution is -2.45. The molecule has 0 aromatic carbocycles. The molecule has 0 fully saturated rings. The Kier molecular flexibility index (Phi) is 8.07. The molecule has 1 aromatic rings. The molecule has 21 heavy (non-hydrogen) atoms. The number of amides is 2. The van der Waals surface area contributed by atoms with Crippen molar-refractivity contribution < 1.29 is 19.1 Å². The minimum atomic E-state index is -0.351. The third-order valence-corrected chi connectivity index (χ3v) is 3.25. The van der Waals surface area contributed by atoms with Crippen LogP contribution < -0.4 is 16.2 Å². The number of nitrogens with one attached hydrogen (secondary N) is 3. The first-order valence-corrected chi connectivity index (χ1v) is 7.50. The number of carbonyl (C=O) groups is 3. The van der Waals surface area contributed by atoms with Gasteiger partial charge in [0.1, 0.15) is 0 Å². The molecule has 8 heteroatoms. The Balaban J connectivity index is 2.04. The molecule has 116 valence electrons. The molecule has 0 saturated heterocycles. The van der Waals surface area contributed by atoms with Crippen LogP contribution in [0.25, 0.3) is 0 Å². The maximum Gasteiger partial charge on any atom is 0.305 e. The maximum atomic E-state index is 11.5. The van der Waals surface area contributed by atoms with Crippen LogP contribution in [0.5, 0.6) is 0 Å². The molecule has 0 spiro atoms. The van der Waals surface area contributed by atoms with Crippen LogP contribution in [-0.4, -0.2) is 37.5 Å². The fourth-order valence-corrected chi connectivity index (χ4v) is 2.05. The predicted molar refractivity (Wildman–Crippen MR) is 78.7 cm³/mol. The quantitative estimate of drug-likeness (QED) is 0.368. The van der Waals surface area contributed by atoms with E-state index in [4.69, 9.17) is 4.74 Å². The van der Waals surface area contributed by atoms with Crippen LogP contribution in [0.1, 0.15) is 29.4 Å². The van der Waals surface area contributed by atoms with E-state index in [-0.39, 0.29) is 24.3 Å². The van der Waals surface area contributed by atoms with E-state index >= 15 is 0 Å². The molecule has 7 nitrogen and oxygen atoms in total. The van der Waals surface area contributed by atoms with Crippen molar-refractivity contribution in [3.05, 3.63) is 22.4 Å². The van der Waals surface area contributed by atoms with Crippen LogP contribution in [0.15, 0.2) is 17.5 Å². The van der Waals surface area contributed by atoms with E-state index in [1.54, 1.807) is 24.4 Å². The summed E-state index contributed by atoms with van der Waals surface area (Å²) in [6, 6.07) is 3.42. The summed E-state index contributed by atoms with van der Waals surface area (Å²) in [4.78, 5) is 34.6. The summed E-state index contributed by atoms with van der Waals surface area (Å²) in [5.74, 6) is -0.941. The van der Waals surface area contributed by atoms with Gasteiger partial charge in [-0.05, 0) is 31.3 Å². The fraction of sp³-hybridized carbons (Fsp3) is 0.462. The van der Waals surface area contributed by atoms with Gasteiger partial charge >= 0.3 is 5.97 Å². The fourth-order valence-electron chi connectivity index (χ4n) is 1.43. The van der Waals surface area contributed by atoms with Gasteiger partial charge in [0, 0.05) is 6.42 Å². The number of thiophene rings is 1. The molecule has 1 aromatic heterocycles. The summed E-state index contributed by atoms with van der Waals surface area (Å²) in [6.07, 6.45) is 0.908. The Morgan fingerprint density at radius 1 is 1.29 bits per heavy atom. The van der Waals surface area contributed by atoms with Crippen LogP contribution in [0.3, 0.4) is 0 Å². The third kappa shape index (κ3) is 7.42. The number of esters is 1. The summed E-state index contributed by atoms with van der Waals surface area (Å²) in [5, 5.41) is 4.65. The van der Waals surface area contributed by atoms with E-state index in [9.17, 15) is 14.4 Å². The van der Waals surface area contributed by atoms with Crippen molar-refractivity contribution in [2.75, 3.05) is 19.7 Å². The van der Waals surface area contributed by atoms with Crippen molar-refractivity contribution in [1.82, 2.24) is 16.2 Å². The van der Waals surface area contributed by atoms with E-state index < -0.39 is 0 Å². The maximum absolute atomic E-state index is 11.5. The third-order valence-electron chi connectivity index (χ3n) is 2.39. The SMILES string of the molecule is CCOC(=O)CCCNCC(=O)NNC(=O)c1cccs1. The smallest absolute Gasteiger partial charge is 0.305 e. The standard InChI is InChI=1S/C13H19N3O4S/c1-2-20-12(18)6-3-7-14-9-11(17)15-16-13(19)10-5-4-8-21-10/h4-5,8,14H,2-3,6-7,9H2,1H3,(H,15,17)(H,16,19). The monoisotopic (exact) mass is 313 g/mol. The molecule has 0 aliphatic carbocycles. The molecule has 0 bridgehead atoms. The van der Waals surface area contributed by atoms with Crippen LogP contribution in [-0.2, 0) is 14.3 Å². The molecule has 0 aliphatic heterocycles. The molecule has 0 saturated carbocycles. The molecule has 0 aliphatic rings. The average molecular weight is 313 g/mol. The van der Waals surface area contributed by atoms with Crippen LogP contribution in [0.4, 0.5) is 0 Å². The first kappa shape index (κ1) is 17.1. The zero-order valence-corrected chi connectivity index (χ0v) is 12.6. The Labute approximate surface area is 127 Å². The Morgan fingerprint density at radius 3 is 2.76 bits per heavy atom. The number of rotatable bonds is 8. The highest BCUT2D eigenvalue weighted by atomic mass is 32.1. The van der Waals surface area contributed by atoms with Crippen molar-refractivity contribution in [1.29, 1.82) is 0 Å². The second-order valence-electron chi connectivity index (χ2n) is 4.06. The average Bonchev–Trinajstić information content (AvgIpc) is 2.99. The van der Waals surface area contributed by atoms with E-state index in [0.717, 1.165) is 0 Å². The molecule has 0 radical (unpaired) electrons. The molecule has 1 heterocycles. The van der Waals surface area contributed by atoms with Gasteiger partial charge in [0.15, 0.2) is 0 Å². The molecule has 3 N–H and O–H groups in total. The van der Waals surface area contributed by atoms with Crippen molar-refractivity contribution in [2.24, 2.45) is 0 Å². The lowest BCUT2D eigenvalue weighted by Gasteiger charge is -2.07. The highest BCUT2D eigenvalue weighted by Gasteiger charge is 2.07. The van der Waals surface area contributed by atoms with E-state index in [1.807, 2.05) is 0 Å². The second kappa shape index (κ2) is 9.89. The zero-order chi connectivity index (χ0) is 15.5. The lowest BCUT2D eigenvalue weighted by atomic mass is 10.3. The number of hydrogen-bond donors (Lipinski definition) is 3. The van der Waals surface area contributed by atoms with Gasteiger partial charge in [-0.1, -0.05) is 6.07 Å². The molecular weight excluding hydrogens is 294 g/mol. The van der Waals surface area contributed by atoms with Gasteiger partial charge in [0.2, 0.25) is 0 Å². The van der Waals surface area contributed by atoms with E-state index in [1.165, 1.54) is 11.3 Å². The molecular formula is C13H19N3O4S. The first-order chi connectivity index (χ1) is 10.1. The highest BCUT2D eigenvalue weighted by molar-refractivity contribution is 7.12. The second-order valence-corrected chi connectivity index (χ2v) is 5.01. The summed E-state index contributed by atoms with van der Waals surface area (Å²) < 4.78 is 4.78. The first-order valence-electron chi connectivity index (χ1n) is 6.62. The highest BCUT2D eigenvalue weighted by Crippen LogP contribution is 2.06. The topological polar surface area (TPSA) is 96.5 Å². The van der Waals surface area contributed by atoms with Crippen LogP contribution >= 0.6 is 11.3 Å². The van der Waals surface area contributed by atoms with Gasteiger partial charge in [-0.25, -0.2) is 0 Å². The largest absolute Gasteiger partial charge is 0.466 e. The van der Waals surface area contributed by atoms with Gasteiger partial charge < -0.3 is 10.1 Å². The van der Waals surface area contributed by atoms with Gasteiger partial charge in [-0.2, -0.15) is 0 Å². The molecule has 0 atom stereocenters. The lowest BCUT2D eigenvalue weighted by molar-refractivity contribution is -0.143. The summed E-state index contributed by atoms with van der Waals surface area (Å²) in [7, 11) is 0. The Hall–Kier alpha value is -1.93. The van der Waals surface area contributed by atoms with Crippen molar-refractivity contribution in [3.8, 4) is 0 Å². The van der Waals surface area contributed by atoms with Gasteiger partial charge in [0.25, 0.3) is 11.8 Å². The van der Waals surface area contributed by atoms with Crippen molar-refractivity contribution in [2.45, 2.75) is 19.8 Å². The van der Waals surface area contributed by atoms with Crippen LogP contribution in [0, 0.1) is 0 Å². The Morgan fingerprint density at radius 2 is 2.10 bits per heavy atom. The number of ether oxygens (including phenoxy) is 1. The summed E-state index contributed by atoms with van der Waals surface area (Å²) in [5.41, 5.74) is 4.62. The van der Waals surface area contributed by atoms with Crippen molar-refractivity contribution >= 4 is 29.1 Å². The predicted octanol–water partition coefficient (Wildman–Crippen LogP) is 0.442. The number of hydrazine groups is 1. The number of carbonyl (C=O) groups excluding carboxylic acids is 3. The Bertz CT molecular complexity index is 462.